The average Bonchev–Trinajstić information content (AvgIpc) is 3.01. The van der Waals surface area contributed by atoms with Gasteiger partial charge in [-0.3, -0.25) is 14.2 Å². The second-order valence-electron chi connectivity index (χ2n) is 8.84. The fourth-order valence-corrected chi connectivity index (χ4v) is 5.05. The van der Waals surface area contributed by atoms with E-state index in [0.717, 1.165) is 11.8 Å². The van der Waals surface area contributed by atoms with Crippen LogP contribution in [0.4, 0.5) is 9.18 Å². The van der Waals surface area contributed by atoms with Crippen LogP contribution < -0.4 is 15.3 Å². The van der Waals surface area contributed by atoms with Crippen LogP contribution in [0, 0.1) is 0 Å². The Hall–Kier alpha value is -2.57. The number of halogens is 1. The number of amidine groups is 1. The predicted octanol–water partition coefficient (Wildman–Crippen LogP) is 2.12. The highest BCUT2D eigenvalue weighted by molar-refractivity contribution is 7.52. The summed E-state index contributed by atoms with van der Waals surface area (Å²) in [5.41, 5.74) is 3.01. The van der Waals surface area contributed by atoms with Crippen molar-refractivity contribution >= 4 is 25.6 Å². The number of carbonyl (C=O) groups is 2. The molecule has 2 heterocycles. The quantitative estimate of drug-likeness (QED) is 0.301. The van der Waals surface area contributed by atoms with Crippen molar-refractivity contribution in [1.82, 2.24) is 9.99 Å². The van der Waals surface area contributed by atoms with Crippen molar-refractivity contribution in [2.24, 2.45) is 10.7 Å². The Morgan fingerprint density at radius 2 is 2.11 bits per heavy atom. The minimum Gasteiger partial charge on any atom is -0.462 e. The molecule has 7 atom stereocenters. The van der Waals surface area contributed by atoms with E-state index >= 15 is 4.39 Å². The van der Waals surface area contributed by atoms with Crippen molar-refractivity contribution in [3.05, 3.63) is 30.3 Å². The summed E-state index contributed by atoms with van der Waals surface area (Å²) < 4.78 is 59.0. The molecular weight excluding hydrogens is 498 g/mol. The molecule has 1 unspecified atom stereocenters. The van der Waals surface area contributed by atoms with Gasteiger partial charge in [0.25, 0.3) is 0 Å². The Morgan fingerprint density at radius 1 is 1.44 bits per heavy atom. The standard InChI is InChI=1S/C22H32FN4O8P/c1-13(2)33-19(29)14(3)26-36(31,35-15-8-6-5-7-9-15)32-12-16-18(28)22(4,23)20(34-16)27-11-10-17(24)25-21(27)30/h5-9,13-14,16,18,20,28H,10-12H2,1-4H3,(H,26,31)(H2,24,25,30)/t14-,16+,18+,20+,22+,36-/m0/s1/i11D/t11?,14-,16+,18+,20+,22+,36-. The summed E-state index contributed by atoms with van der Waals surface area (Å²) in [5.74, 6) is -0.639. The summed E-state index contributed by atoms with van der Waals surface area (Å²) in [6.07, 6.45) is -5.51. The van der Waals surface area contributed by atoms with E-state index in [1.54, 1.807) is 32.0 Å². The second kappa shape index (κ2) is 11.2. The molecule has 2 amide bonds. The smallest absolute Gasteiger partial charge is 0.459 e. The van der Waals surface area contributed by atoms with Crippen molar-refractivity contribution in [2.45, 2.75) is 70.4 Å². The van der Waals surface area contributed by atoms with Crippen molar-refractivity contribution in [2.75, 3.05) is 13.1 Å². The molecule has 0 aliphatic carbocycles. The Kier molecular flexibility index (Phi) is 8.26. The van der Waals surface area contributed by atoms with Gasteiger partial charge in [0.1, 0.15) is 29.8 Å². The van der Waals surface area contributed by atoms with E-state index in [1.807, 2.05) is 0 Å². The third-order valence-electron chi connectivity index (χ3n) is 5.36. The van der Waals surface area contributed by atoms with Gasteiger partial charge in [0.05, 0.1) is 14.1 Å². The molecule has 0 saturated carbocycles. The summed E-state index contributed by atoms with van der Waals surface area (Å²) in [6, 6.07) is 5.87. The van der Waals surface area contributed by atoms with Gasteiger partial charge in [-0.2, -0.15) is 10.1 Å². The van der Waals surface area contributed by atoms with Crippen LogP contribution in [0.2, 0.25) is 0 Å². The Labute approximate surface area is 209 Å². The predicted molar refractivity (Wildman–Crippen MR) is 127 cm³/mol. The molecule has 1 aromatic rings. The number of hydrogen-bond acceptors (Lipinski definition) is 9. The Bertz CT molecular complexity index is 1060. The highest BCUT2D eigenvalue weighted by atomic mass is 31.2. The first-order valence-corrected chi connectivity index (χ1v) is 12.9. The van der Waals surface area contributed by atoms with Gasteiger partial charge in [0.2, 0.25) is 0 Å². The van der Waals surface area contributed by atoms with Crippen LogP contribution in [0.25, 0.3) is 0 Å². The number of benzene rings is 1. The number of aliphatic imine (C=N–C) groups is 1. The monoisotopic (exact) mass is 531 g/mol. The number of rotatable bonds is 10. The third-order valence-corrected chi connectivity index (χ3v) is 7.01. The molecule has 2 aliphatic rings. The Balaban J connectivity index is 1.77. The minimum absolute atomic E-state index is 0.0737. The van der Waals surface area contributed by atoms with Gasteiger partial charge in [-0.1, -0.05) is 18.2 Å². The van der Waals surface area contributed by atoms with Crippen LogP contribution >= 0.6 is 7.75 Å². The molecule has 0 aromatic heterocycles. The summed E-state index contributed by atoms with van der Waals surface area (Å²) in [5, 5.41) is 13.1. The molecular formula is C22H32FN4O8P. The number of urea groups is 1. The minimum atomic E-state index is -4.32. The van der Waals surface area contributed by atoms with Gasteiger partial charge in [-0.25, -0.2) is 13.8 Å². The molecule has 4 N–H and O–H groups in total. The van der Waals surface area contributed by atoms with Crippen LogP contribution in [-0.2, 0) is 23.4 Å². The molecule has 12 nitrogen and oxygen atoms in total. The maximum Gasteiger partial charge on any atom is 0.459 e. The molecule has 1 saturated heterocycles. The normalized spacial score (nSPS) is 31.4. The second-order valence-corrected chi connectivity index (χ2v) is 10.5. The molecule has 3 rings (SSSR count). The number of ether oxygens (including phenoxy) is 2. The number of nitrogens with two attached hydrogens (primary N) is 1. The summed E-state index contributed by atoms with van der Waals surface area (Å²) in [4.78, 5) is 28.9. The number of aliphatic hydroxyl groups is 1. The van der Waals surface area contributed by atoms with E-state index < -0.39 is 69.1 Å². The lowest BCUT2D eigenvalue weighted by molar-refractivity contribution is -0.149. The fraction of sp³-hybridized carbons (Fsp3) is 0.591. The average molecular weight is 531 g/mol. The van der Waals surface area contributed by atoms with Gasteiger partial charge < -0.3 is 24.8 Å². The lowest BCUT2D eigenvalue weighted by Crippen LogP contribution is -2.54. The zero-order valence-electron chi connectivity index (χ0n) is 21.4. The lowest BCUT2D eigenvalue weighted by Gasteiger charge is -2.34. The van der Waals surface area contributed by atoms with E-state index in [4.69, 9.17) is 25.6 Å². The molecule has 200 valence electrons. The molecule has 0 bridgehead atoms. The van der Waals surface area contributed by atoms with Crippen molar-refractivity contribution in [1.29, 1.82) is 0 Å². The molecule has 14 heteroatoms. The number of amides is 2. The molecule has 2 aliphatic heterocycles. The van der Waals surface area contributed by atoms with E-state index in [2.05, 4.69) is 10.1 Å². The van der Waals surface area contributed by atoms with Crippen LogP contribution in [0.1, 0.15) is 35.5 Å². The number of aliphatic hydroxyl groups excluding tert-OH is 1. The number of esters is 1. The zero-order valence-corrected chi connectivity index (χ0v) is 21.3. The maximum atomic E-state index is 15.6. The number of carbonyl (C=O) groups excluding carboxylic acids is 2. The zero-order chi connectivity index (χ0) is 27.5. The van der Waals surface area contributed by atoms with Crippen LogP contribution in [0.3, 0.4) is 0 Å². The van der Waals surface area contributed by atoms with E-state index in [1.165, 1.54) is 19.1 Å². The van der Waals surface area contributed by atoms with Gasteiger partial charge in [-0.15, -0.1) is 0 Å². The lowest BCUT2D eigenvalue weighted by atomic mass is 9.98. The summed E-state index contributed by atoms with van der Waals surface area (Å²) >= 11 is 0. The first-order chi connectivity index (χ1) is 17.2. The van der Waals surface area contributed by atoms with Crippen LogP contribution in [0.5, 0.6) is 5.75 Å². The molecule has 0 spiro atoms. The summed E-state index contributed by atoms with van der Waals surface area (Å²) in [7, 11) is -4.32. The highest BCUT2D eigenvalue weighted by Crippen LogP contribution is 2.46. The molecule has 0 radical (unpaired) electrons. The van der Waals surface area contributed by atoms with Crippen LogP contribution in [0.15, 0.2) is 35.3 Å². The van der Waals surface area contributed by atoms with Crippen molar-refractivity contribution in [3.8, 4) is 5.75 Å². The topological polar surface area (TPSA) is 162 Å². The van der Waals surface area contributed by atoms with Crippen molar-refractivity contribution in [3.63, 3.8) is 0 Å². The Morgan fingerprint density at radius 3 is 2.72 bits per heavy atom. The van der Waals surface area contributed by atoms with Gasteiger partial charge in [-0.05, 0) is 39.8 Å². The first kappa shape index (κ1) is 26.5. The third kappa shape index (κ3) is 6.60. The number of alkyl halides is 1. The largest absolute Gasteiger partial charge is 0.462 e. The van der Waals surface area contributed by atoms with Gasteiger partial charge >= 0.3 is 19.7 Å². The fourth-order valence-electron chi connectivity index (χ4n) is 3.55. The van der Waals surface area contributed by atoms with E-state index in [0.29, 0.717) is 0 Å². The maximum absolute atomic E-state index is 15.6. The van der Waals surface area contributed by atoms with E-state index in [-0.39, 0.29) is 18.0 Å². The molecule has 36 heavy (non-hydrogen) atoms. The van der Waals surface area contributed by atoms with Crippen molar-refractivity contribution < 1.29 is 43.5 Å². The van der Waals surface area contributed by atoms with E-state index in [9.17, 15) is 19.3 Å². The number of nitrogens with zero attached hydrogens (tertiary/aromatic N) is 2. The number of nitrogens with one attached hydrogen (secondary N) is 1. The SMILES string of the molecule is [2H]C1CC(N)=NC(=O)N1[C@@H]1O[C@H](CO[P@@](=O)(N[C@@H](C)C(=O)OC(C)C)Oc2ccccc2)[C@@H](O)[C@@]1(C)F. The summed E-state index contributed by atoms with van der Waals surface area (Å²) in [6.45, 7) is 3.76. The highest BCUT2D eigenvalue weighted by Gasteiger charge is 2.58. The van der Waals surface area contributed by atoms with Crippen LogP contribution in [-0.4, -0.2) is 77.2 Å². The molecule has 1 aromatic carbocycles. The number of hydrogen-bond donors (Lipinski definition) is 3. The van der Waals surface area contributed by atoms with Gasteiger partial charge in [0.15, 0.2) is 11.9 Å². The number of para-hydroxylation sites is 1. The van der Waals surface area contributed by atoms with Gasteiger partial charge in [0, 0.05) is 12.9 Å². The first-order valence-electron chi connectivity index (χ1n) is 11.9. The molecule has 1 fully saturated rings.